The molecule has 1 heterocycles. The van der Waals surface area contributed by atoms with Gasteiger partial charge in [-0.1, -0.05) is 13.3 Å². The maximum atomic E-state index is 12.2. The SMILES string of the molecule is CCC(C)N(CC(=O)O)C(=O)CCC1CCCCN1. The van der Waals surface area contributed by atoms with Gasteiger partial charge in [0.05, 0.1) is 0 Å². The summed E-state index contributed by atoms with van der Waals surface area (Å²) >= 11 is 0. The van der Waals surface area contributed by atoms with Crippen LogP contribution in [0.3, 0.4) is 0 Å². The minimum Gasteiger partial charge on any atom is -0.480 e. The molecule has 1 amide bonds. The third-order valence-electron chi connectivity index (χ3n) is 3.87. The standard InChI is InChI=1S/C14H26N2O3/c1-3-11(2)16(10-14(18)19)13(17)8-7-12-6-4-5-9-15-12/h11-12,15H,3-10H2,1-2H3,(H,18,19). The second-order valence-corrected chi connectivity index (χ2v) is 5.36. The van der Waals surface area contributed by atoms with Gasteiger partial charge in [0.1, 0.15) is 6.54 Å². The number of carbonyl (C=O) groups excluding carboxylic acids is 1. The van der Waals surface area contributed by atoms with Gasteiger partial charge in [0.25, 0.3) is 0 Å². The summed E-state index contributed by atoms with van der Waals surface area (Å²) in [5, 5.41) is 12.3. The number of carbonyl (C=O) groups is 2. The Kier molecular flexibility index (Phi) is 6.84. The van der Waals surface area contributed by atoms with Crippen LogP contribution in [0, 0.1) is 0 Å². The van der Waals surface area contributed by atoms with Crippen LogP contribution in [-0.2, 0) is 9.59 Å². The van der Waals surface area contributed by atoms with Crippen LogP contribution in [0.4, 0.5) is 0 Å². The highest BCUT2D eigenvalue weighted by molar-refractivity contribution is 5.81. The van der Waals surface area contributed by atoms with Gasteiger partial charge in [-0.2, -0.15) is 0 Å². The van der Waals surface area contributed by atoms with Crippen LogP contribution in [0.15, 0.2) is 0 Å². The van der Waals surface area contributed by atoms with Crippen LogP contribution in [0.2, 0.25) is 0 Å². The van der Waals surface area contributed by atoms with Gasteiger partial charge in [-0.05, 0) is 39.2 Å². The van der Waals surface area contributed by atoms with E-state index < -0.39 is 5.97 Å². The molecule has 0 aromatic heterocycles. The number of piperidine rings is 1. The zero-order valence-corrected chi connectivity index (χ0v) is 12.0. The Morgan fingerprint density at radius 3 is 2.68 bits per heavy atom. The number of rotatable bonds is 7. The molecule has 5 nitrogen and oxygen atoms in total. The summed E-state index contributed by atoms with van der Waals surface area (Å²) in [5.74, 6) is -0.978. The molecule has 0 aromatic carbocycles. The number of nitrogens with one attached hydrogen (secondary N) is 1. The maximum Gasteiger partial charge on any atom is 0.323 e. The van der Waals surface area contributed by atoms with Gasteiger partial charge in [-0.3, -0.25) is 9.59 Å². The van der Waals surface area contributed by atoms with Gasteiger partial charge in [-0.25, -0.2) is 0 Å². The van der Waals surface area contributed by atoms with Gasteiger partial charge in [0.2, 0.25) is 5.91 Å². The average molecular weight is 270 g/mol. The third-order valence-corrected chi connectivity index (χ3v) is 3.87. The Hall–Kier alpha value is -1.10. The molecule has 0 spiro atoms. The lowest BCUT2D eigenvalue weighted by molar-refractivity contribution is -0.146. The van der Waals surface area contributed by atoms with Crippen molar-refractivity contribution in [3.8, 4) is 0 Å². The van der Waals surface area contributed by atoms with Crippen molar-refractivity contribution < 1.29 is 14.7 Å². The normalized spacial score (nSPS) is 20.8. The summed E-state index contributed by atoms with van der Waals surface area (Å²) in [4.78, 5) is 24.5. The topological polar surface area (TPSA) is 69.6 Å². The lowest BCUT2D eigenvalue weighted by Gasteiger charge is -2.28. The third kappa shape index (κ3) is 5.59. The minimum atomic E-state index is -0.940. The van der Waals surface area contributed by atoms with Crippen molar-refractivity contribution in [2.75, 3.05) is 13.1 Å². The van der Waals surface area contributed by atoms with E-state index in [0.29, 0.717) is 12.5 Å². The van der Waals surface area contributed by atoms with Gasteiger partial charge in [0, 0.05) is 18.5 Å². The zero-order valence-electron chi connectivity index (χ0n) is 12.0. The summed E-state index contributed by atoms with van der Waals surface area (Å²) in [6, 6.07) is 0.407. The lowest BCUT2D eigenvalue weighted by atomic mass is 10.00. The van der Waals surface area contributed by atoms with E-state index in [-0.39, 0.29) is 18.5 Å². The molecule has 2 unspecified atom stereocenters. The van der Waals surface area contributed by atoms with E-state index in [1.54, 1.807) is 0 Å². The second-order valence-electron chi connectivity index (χ2n) is 5.36. The average Bonchev–Trinajstić information content (AvgIpc) is 2.42. The Morgan fingerprint density at radius 2 is 2.16 bits per heavy atom. The van der Waals surface area contributed by atoms with Crippen LogP contribution < -0.4 is 5.32 Å². The Bertz CT molecular complexity index is 301. The Morgan fingerprint density at radius 1 is 1.42 bits per heavy atom. The highest BCUT2D eigenvalue weighted by Gasteiger charge is 2.22. The molecule has 110 valence electrons. The summed E-state index contributed by atoms with van der Waals surface area (Å²) in [6.07, 6.45) is 5.58. The first kappa shape index (κ1) is 16.0. The van der Waals surface area contributed by atoms with Crippen LogP contribution in [0.25, 0.3) is 0 Å². The molecule has 0 radical (unpaired) electrons. The van der Waals surface area contributed by atoms with Crippen molar-refractivity contribution in [1.82, 2.24) is 10.2 Å². The smallest absolute Gasteiger partial charge is 0.323 e. The van der Waals surface area contributed by atoms with E-state index in [2.05, 4.69) is 5.32 Å². The predicted octanol–water partition coefficient (Wildman–Crippen LogP) is 1.62. The number of hydrogen-bond donors (Lipinski definition) is 2. The molecule has 0 saturated carbocycles. The molecule has 0 bridgehead atoms. The van der Waals surface area contributed by atoms with Gasteiger partial charge in [-0.15, -0.1) is 0 Å². The van der Waals surface area contributed by atoms with E-state index >= 15 is 0 Å². The molecular formula is C14H26N2O3. The number of hydrogen-bond acceptors (Lipinski definition) is 3. The Labute approximate surface area is 115 Å². The summed E-state index contributed by atoms with van der Waals surface area (Å²) in [6.45, 7) is 4.71. The van der Waals surface area contributed by atoms with Gasteiger partial charge < -0.3 is 15.3 Å². The van der Waals surface area contributed by atoms with E-state index in [4.69, 9.17) is 5.11 Å². The van der Waals surface area contributed by atoms with Crippen LogP contribution >= 0.6 is 0 Å². The zero-order chi connectivity index (χ0) is 14.3. The maximum absolute atomic E-state index is 12.2. The quantitative estimate of drug-likeness (QED) is 0.737. The second kappa shape index (κ2) is 8.15. The van der Waals surface area contributed by atoms with Crippen LogP contribution in [0.5, 0.6) is 0 Å². The fourth-order valence-electron chi connectivity index (χ4n) is 2.47. The van der Waals surface area contributed by atoms with E-state index in [1.165, 1.54) is 17.7 Å². The van der Waals surface area contributed by atoms with Crippen LogP contribution in [0.1, 0.15) is 52.4 Å². The molecule has 1 rings (SSSR count). The highest BCUT2D eigenvalue weighted by atomic mass is 16.4. The molecule has 0 aromatic rings. The number of carboxylic acids is 1. The Balaban J connectivity index is 2.43. The van der Waals surface area contributed by atoms with Gasteiger partial charge >= 0.3 is 5.97 Å². The van der Waals surface area contributed by atoms with Crippen molar-refractivity contribution in [2.45, 2.75) is 64.5 Å². The number of aliphatic carboxylic acids is 1. The van der Waals surface area contributed by atoms with Crippen molar-refractivity contribution in [3.05, 3.63) is 0 Å². The molecule has 1 aliphatic rings. The summed E-state index contributed by atoms with van der Waals surface area (Å²) in [7, 11) is 0. The first-order valence-corrected chi connectivity index (χ1v) is 7.29. The highest BCUT2D eigenvalue weighted by Crippen LogP contribution is 2.14. The molecule has 5 heteroatoms. The molecular weight excluding hydrogens is 244 g/mol. The summed E-state index contributed by atoms with van der Waals surface area (Å²) < 4.78 is 0. The van der Waals surface area contributed by atoms with Crippen molar-refractivity contribution in [2.24, 2.45) is 0 Å². The lowest BCUT2D eigenvalue weighted by Crippen LogP contribution is -2.42. The van der Waals surface area contributed by atoms with Gasteiger partial charge in [0.15, 0.2) is 0 Å². The molecule has 0 aliphatic carbocycles. The first-order valence-electron chi connectivity index (χ1n) is 7.29. The number of nitrogens with zero attached hydrogens (tertiary/aromatic N) is 1. The fraction of sp³-hybridized carbons (Fsp3) is 0.857. The van der Waals surface area contributed by atoms with Crippen LogP contribution in [-0.4, -0.2) is 47.1 Å². The predicted molar refractivity (Wildman–Crippen MR) is 74.0 cm³/mol. The number of amides is 1. The molecule has 1 saturated heterocycles. The van der Waals surface area contributed by atoms with E-state index in [0.717, 1.165) is 25.8 Å². The molecule has 1 fully saturated rings. The largest absolute Gasteiger partial charge is 0.480 e. The van der Waals surface area contributed by atoms with Crippen molar-refractivity contribution in [1.29, 1.82) is 0 Å². The summed E-state index contributed by atoms with van der Waals surface area (Å²) in [5.41, 5.74) is 0. The van der Waals surface area contributed by atoms with Crippen molar-refractivity contribution >= 4 is 11.9 Å². The van der Waals surface area contributed by atoms with Crippen molar-refractivity contribution in [3.63, 3.8) is 0 Å². The fourth-order valence-corrected chi connectivity index (χ4v) is 2.47. The molecule has 2 N–H and O–H groups in total. The van der Waals surface area contributed by atoms with E-state index in [9.17, 15) is 9.59 Å². The van der Waals surface area contributed by atoms with E-state index in [1.807, 2.05) is 13.8 Å². The minimum absolute atomic E-state index is 0.0112. The molecule has 2 atom stereocenters. The molecule has 1 aliphatic heterocycles. The number of carboxylic acid groups (broad SMARTS) is 1. The monoisotopic (exact) mass is 270 g/mol. The molecule has 19 heavy (non-hydrogen) atoms. The first-order chi connectivity index (χ1) is 9.04.